The van der Waals surface area contributed by atoms with Gasteiger partial charge in [0.2, 0.25) is 0 Å². The second-order valence-corrected chi connectivity index (χ2v) is 3.92. The maximum Gasteiger partial charge on any atom is 0.139 e. The molecule has 0 heterocycles. The van der Waals surface area contributed by atoms with Crippen molar-refractivity contribution in [2.24, 2.45) is 11.8 Å². The van der Waals surface area contributed by atoms with Crippen molar-refractivity contribution in [2.45, 2.75) is 27.2 Å². The first kappa shape index (κ1) is 11.6. The van der Waals surface area contributed by atoms with Crippen LogP contribution in [0.25, 0.3) is 0 Å². The lowest BCUT2D eigenvalue weighted by Gasteiger charge is -2.19. The Morgan fingerprint density at radius 2 is 1.83 bits per heavy atom. The smallest absolute Gasteiger partial charge is 0.139 e. The molecule has 0 rings (SSSR count). The summed E-state index contributed by atoms with van der Waals surface area (Å²) in [4.78, 5) is 13.7. The molecule has 0 N–H and O–H groups in total. The van der Waals surface area contributed by atoms with Gasteiger partial charge in [-0.25, -0.2) is 0 Å². The second-order valence-electron chi connectivity index (χ2n) is 3.92. The van der Waals surface area contributed by atoms with Crippen molar-refractivity contribution in [3.05, 3.63) is 0 Å². The molecule has 0 aromatic carbocycles. The van der Waals surface area contributed by atoms with Crippen LogP contribution >= 0.6 is 0 Å². The highest BCUT2D eigenvalue weighted by atomic mass is 16.1. The molecule has 0 fully saturated rings. The number of nitrogens with zero attached hydrogens (tertiary/aromatic N) is 1. The molecule has 0 aliphatic rings. The third-order valence-corrected chi connectivity index (χ3v) is 2.05. The van der Waals surface area contributed by atoms with Gasteiger partial charge in [-0.3, -0.25) is 4.79 Å². The van der Waals surface area contributed by atoms with Gasteiger partial charge in [-0.2, -0.15) is 0 Å². The molecule has 2 heteroatoms. The quantitative estimate of drug-likeness (QED) is 0.628. The number of ketones is 1. The Labute approximate surface area is 75.9 Å². The van der Waals surface area contributed by atoms with Crippen LogP contribution < -0.4 is 0 Å². The minimum absolute atomic E-state index is 0.176. The maximum absolute atomic E-state index is 11.6. The number of carbonyl (C=O) groups excluding carboxylic acids is 1. The Hall–Kier alpha value is -0.370. The van der Waals surface area contributed by atoms with Gasteiger partial charge in [-0.1, -0.05) is 20.8 Å². The van der Waals surface area contributed by atoms with Crippen LogP contribution in [0.4, 0.5) is 0 Å². The normalized spacial score (nSPS) is 13.9. The molecular weight excluding hydrogens is 150 g/mol. The van der Waals surface area contributed by atoms with Gasteiger partial charge in [0.1, 0.15) is 5.78 Å². The Morgan fingerprint density at radius 1 is 1.33 bits per heavy atom. The largest absolute Gasteiger partial charge is 0.309 e. The minimum Gasteiger partial charge on any atom is -0.309 e. The summed E-state index contributed by atoms with van der Waals surface area (Å²) in [5, 5.41) is 0. The number of rotatable bonds is 5. The van der Waals surface area contributed by atoms with Gasteiger partial charge in [0.25, 0.3) is 0 Å². The van der Waals surface area contributed by atoms with Gasteiger partial charge in [0.15, 0.2) is 0 Å². The van der Waals surface area contributed by atoms with E-state index >= 15 is 0 Å². The first-order valence-electron chi connectivity index (χ1n) is 4.67. The second kappa shape index (κ2) is 5.31. The zero-order chi connectivity index (χ0) is 9.72. The highest BCUT2D eigenvalue weighted by Gasteiger charge is 2.19. The molecule has 0 saturated heterocycles. The van der Waals surface area contributed by atoms with Crippen molar-refractivity contribution in [2.75, 3.05) is 20.6 Å². The monoisotopic (exact) mass is 171 g/mol. The highest BCUT2D eigenvalue weighted by molar-refractivity contribution is 5.82. The van der Waals surface area contributed by atoms with Crippen molar-refractivity contribution in [1.29, 1.82) is 0 Å². The van der Waals surface area contributed by atoms with E-state index in [1.54, 1.807) is 0 Å². The average Bonchev–Trinajstić information content (AvgIpc) is 1.98. The van der Waals surface area contributed by atoms with Crippen molar-refractivity contribution in [1.82, 2.24) is 4.90 Å². The summed E-state index contributed by atoms with van der Waals surface area (Å²) in [6.07, 6.45) is 0.954. The van der Waals surface area contributed by atoms with E-state index in [1.165, 1.54) is 0 Å². The SMILES string of the molecule is CCC(CN(C)C)C(=O)C(C)C. The van der Waals surface area contributed by atoms with E-state index in [-0.39, 0.29) is 11.8 Å². The molecule has 1 unspecified atom stereocenters. The van der Waals surface area contributed by atoms with Crippen LogP contribution in [0.15, 0.2) is 0 Å². The molecule has 0 bridgehead atoms. The predicted molar refractivity (Wildman–Crippen MR) is 52.2 cm³/mol. The van der Waals surface area contributed by atoms with Gasteiger partial charge in [-0.15, -0.1) is 0 Å². The molecule has 0 saturated carbocycles. The fraction of sp³-hybridized carbons (Fsp3) is 0.900. The van der Waals surface area contributed by atoms with Crippen molar-refractivity contribution < 1.29 is 4.79 Å². The van der Waals surface area contributed by atoms with E-state index in [1.807, 2.05) is 27.9 Å². The van der Waals surface area contributed by atoms with Gasteiger partial charge in [0, 0.05) is 18.4 Å². The number of Topliss-reactive ketones (excluding diaryl/α,β-unsaturated/α-hetero) is 1. The Balaban J connectivity index is 4.06. The topological polar surface area (TPSA) is 20.3 Å². The molecule has 2 nitrogen and oxygen atoms in total. The Kier molecular flexibility index (Phi) is 5.14. The van der Waals surface area contributed by atoms with Crippen molar-refractivity contribution >= 4 is 5.78 Å². The van der Waals surface area contributed by atoms with Crippen LogP contribution in [0, 0.1) is 11.8 Å². The molecule has 72 valence electrons. The minimum atomic E-state index is 0.176. The van der Waals surface area contributed by atoms with Gasteiger partial charge in [-0.05, 0) is 20.5 Å². The lowest BCUT2D eigenvalue weighted by atomic mass is 9.93. The van der Waals surface area contributed by atoms with Crippen molar-refractivity contribution in [3.8, 4) is 0 Å². The van der Waals surface area contributed by atoms with Crippen LogP contribution in [0.5, 0.6) is 0 Å². The first-order chi connectivity index (χ1) is 5.49. The van der Waals surface area contributed by atoms with E-state index in [2.05, 4.69) is 11.8 Å². The van der Waals surface area contributed by atoms with Crippen LogP contribution in [0.2, 0.25) is 0 Å². The predicted octanol–water partition coefficient (Wildman–Crippen LogP) is 1.80. The van der Waals surface area contributed by atoms with Crippen LogP contribution in [-0.2, 0) is 4.79 Å². The fourth-order valence-electron chi connectivity index (χ4n) is 1.33. The highest BCUT2D eigenvalue weighted by Crippen LogP contribution is 2.11. The molecule has 0 radical (unpaired) electrons. The molecule has 1 atom stereocenters. The summed E-state index contributed by atoms with van der Waals surface area (Å²) in [6, 6.07) is 0. The maximum atomic E-state index is 11.6. The molecular formula is C10H21NO. The van der Waals surface area contributed by atoms with Crippen LogP contribution in [0.3, 0.4) is 0 Å². The summed E-state index contributed by atoms with van der Waals surface area (Å²) in [6.45, 7) is 6.91. The third-order valence-electron chi connectivity index (χ3n) is 2.05. The molecule has 0 aliphatic carbocycles. The van der Waals surface area contributed by atoms with Gasteiger partial charge >= 0.3 is 0 Å². The van der Waals surface area contributed by atoms with E-state index in [0.29, 0.717) is 5.78 Å². The summed E-state index contributed by atoms with van der Waals surface area (Å²) < 4.78 is 0. The zero-order valence-electron chi connectivity index (χ0n) is 8.92. The van der Waals surface area contributed by atoms with E-state index in [4.69, 9.17) is 0 Å². The van der Waals surface area contributed by atoms with Crippen LogP contribution in [0.1, 0.15) is 27.2 Å². The lowest BCUT2D eigenvalue weighted by Crippen LogP contribution is -2.29. The molecule has 12 heavy (non-hydrogen) atoms. The first-order valence-corrected chi connectivity index (χ1v) is 4.67. The van der Waals surface area contributed by atoms with E-state index in [0.717, 1.165) is 13.0 Å². The van der Waals surface area contributed by atoms with Gasteiger partial charge in [0.05, 0.1) is 0 Å². The molecule has 0 aromatic heterocycles. The van der Waals surface area contributed by atoms with Gasteiger partial charge < -0.3 is 4.90 Å². The summed E-state index contributed by atoms with van der Waals surface area (Å²) in [7, 11) is 4.02. The van der Waals surface area contributed by atoms with E-state index in [9.17, 15) is 4.79 Å². The van der Waals surface area contributed by atoms with E-state index < -0.39 is 0 Å². The molecule has 0 spiro atoms. The molecule has 0 aliphatic heterocycles. The average molecular weight is 171 g/mol. The lowest BCUT2D eigenvalue weighted by molar-refractivity contribution is -0.126. The number of carbonyl (C=O) groups is 1. The number of hydrogen-bond acceptors (Lipinski definition) is 2. The summed E-state index contributed by atoms with van der Waals surface area (Å²) in [5.74, 6) is 0.793. The standard InChI is InChI=1S/C10H21NO/c1-6-9(7-11(4)5)10(12)8(2)3/h8-9H,6-7H2,1-5H3. The van der Waals surface area contributed by atoms with Crippen LogP contribution in [-0.4, -0.2) is 31.3 Å². The third kappa shape index (κ3) is 3.86. The van der Waals surface area contributed by atoms with Crippen molar-refractivity contribution in [3.63, 3.8) is 0 Å². The molecule has 0 amide bonds. The Bertz CT molecular complexity index is 141. The number of hydrogen-bond donors (Lipinski definition) is 0. The zero-order valence-corrected chi connectivity index (χ0v) is 8.92. The Morgan fingerprint density at radius 3 is 2.08 bits per heavy atom. The summed E-state index contributed by atoms with van der Waals surface area (Å²) in [5.41, 5.74) is 0. The fourth-order valence-corrected chi connectivity index (χ4v) is 1.33. The molecule has 0 aromatic rings. The summed E-state index contributed by atoms with van der Waals surface area (Å²) >= 11 is 0.